The number of thiophene rings is 1. The van der Waals surface area contributed by atoms with Gasteiger partial charge in [0.25, 0.3) is 0 Å². The van der Waals surface area contributed by atoms with Crippen LogP contribution in [0.3, 0.4) is 0 Å². The summed E-state index contributed by atoms with van der Waals surface area (Å²) in [6.07, 6.45) is 13.4. The molecule has 28 heavy (non-hydrogen) atoms. The predicted octanol–water partition coefficient (Wildman–Crippen LogP) is 4.87. The van der Waals surface area contributed by atoms with Crippen molar-refractivity contribution in [3.05, 3.63) is 44.3 Å². The molecule has 1 fully saturated rings. The van der Waals surface area contributed by atoms with Gasteiger partial charge in [-0.05, 0) is 69.9 Å². The van der Waals surface area contributed by atoms with E-state index >= 15 is 0 Å². The lowest BCUT2D eigenvalue weighted by atomic mass is 10.0. The van der Waals surface area contributed by atoms with E-state index in [2.05, 4.69) is 45.9 Å². The van der Waals surface area contributed by atoms with E-state index in [1.54, 1.807) is 6.26 Å². The van der Waals surface area contributed by atoms with Crippen molar-refractivity contribution in [2.45, 2.75) is 72.8 Å². The van der Waals surface area contributed by atoms with Crippen molar-refractivity contribution in [1.29, 1.82) is 0 Å². The Morgan fingerprint density at radius 1 is 1.29 bits per heavy atom. The first kappa shape index (κ1) is 22.0. The van der Waals surface area contributed by atoms with E-state index in [1.165, 1.54) is 38.6 Å². The van der Waals surface area contributed by atoms with Crippen LogP contribution in [0.1, 0.15) is 70.1 Å². The highest BCUT2D eigenvalue weighted by atomic mass is 32.1. The number of aliphatic imine (C=N–C) groups is 1. The van der Waals surface area contributed by atoms with E-state index in [1.807, 2.05) is 37.3 Å². The summed E-state index contributed by atoms with van der Waals surface area (Å²) in [4.78, 5) is 6.40. The van der Waals surface area contributed by atoms with Crippen LogP contribution in [0.2, 0.25) is 0 Å². The quantitative estimate of drug-likeness (QED) is 0.559. The molecule has 4 heteroatoms. The molecule has 0 bridgehead atoms. The second-order valence-electron chi connectivity index (χ2n) is 7.80. The maximum atomic E-state index is 5.49. The standard InChI is InChI=1S/C22H30N2OS.C2H2/c1-7-15(4)18-16(5)20(22(6)10-11-22)26-19(18)21(24-14(2)3)23-13-17-9-8-12-25-17;1-2/h8-9,12,23H,7,10-11,13H2,1-6H3;1-2H/b18-15?,21-19+;. The van der Waals surface area contributed by atoms with Gasteiger partial charge in [0.15, 0.2) is 0 Å². The maximum Gasteiger partial charge on any atom is 0.144 e. The van der Waals surface area contributed by atoms with Gasteiger partial charge in [-0.25, -0.2) is 4.99 Å². The minimum atomic E-state index is 0.368. The van der Waals surface area contributed by atoms with Crippen molar-refractivity contribution in [2.24, 2.45) is 4.99 Å². The van der Waals surface area contributed by atoms with Gasteiger partial charge in [0.2, 0.25) is 0 Å². The van der Waals surface area contributed by atoms with Gasteiger partial charge < -0.3 is 9.73 Å². The Kier molecular flexibility index (Phi) is 7.32. The molecule has 150 valence electrons. The van der Waals surface area contributed by atoms with Crippen LogP contribution in [0.5, 0.6) is 0 Å². The van der Waals surface area contributed by atoms with E-state index < -0.39 is 0 Å². The first-order valence-corrected chi connectivity index (χ1v) is 10.6. The maximum absolute atomic E-state index is 5.49. The number of nitrogens with one attached hydrogen (secondary N) is 1. The van der Waals surface area contributed by atoms with Gasteiger partial charge in [-0.15, -0.1) is 24.2 Å². The molecule has 2 aromatic heterocycles. The van der Waals surface area contributed by atoms with Crippen molar-refractivity contribution >= 4 is 28.4 Å². The molecule has 0 aromatic carbocycles. The SMILES string of the molecule is C#C.CCC(C)=c1c(C)c(C2(C)CC2)s/c1=C(/N=C(C)C)NCc1ccco1. The summed E-state index contributed by atoms with van der Waals surface area (Å²) in [5.74, 6) is 1.89. The third kappa shape index (κ3) is 4.77. The van der Waals surface area contributed by atoms with Gasteiger partial charge >= 0.3 is 0 Å². The molecule has 3 rings (SSSR count). The monoisotopic (exact) mass is 396 g/mol. The second kappa shape index (κ2) is 9.30. The van der Waals surface area contributed by atoms with Crippen molar-refractivity contribution in [1.82, 2.24) is 5.32 Å². The third-order valence-electron chi connectivity index (χ3n) is 5.21. The summed E-state index contributed by atoms with van der Waals surface area (Å²) in [6.45, 7) is 13.9. The molecule has 0 amide bonds. The van der Waals surface area contributed by atoms with E-state index in [-0.39, 0.29) is 0 Å². The number of rotatable bonds is 6. The number of hydrogen-bond acceptors (Lipinski definition) is 4. The zero-order valence-electron chi connectivity index (χ0n) is 18.0. The first-order valence-electron chi connectivity index (χ1n) is 9.81. The number of terminal acetylenes is 1. The van der Waals surface area contributed by atoms with Crippen molar-refractivity contribution in [3.63, 3.8) is 0 Å². The Morgan fingerprint density at radius 2 is 1.96 bits per heavy atom. The molecular weight excluding hydrogens is 364 g/mol. The highest BCUT2D eigenvalue weighted by molar-refractivity contribution is 7.10. The largest absolute Gasteiger partial charge is 0.467 e. The van der Waals surface area contributed by atoms with Gasteiger partial charge in [0, 0.05) is 16.0 Å². The van der Waals surface area contributed by atoms with Gasteiger partial charge in [0.1, 0.15) is 11.6 Å². The minimum Gasteiger partial charge on any atom is -0.467 e. The first-order chi connectivity index (χ1) is 13.4. The molecule has 1 N–H and O–H groups in total. The molecule has 1 saturated carbocycles. The van der Waals surface area contributed by atoms with Crippen LogP contribution in [-0.2, 0) is 12.0 Å². The summed E-state index contributed by atoms with van der Waals surface area (Å²) in [6, 6.07) is 3.92. The zero-order chi connectivity index (χ0) is 20.9. The fraction of sp³-hybridized carbons (Fsp3) is 0.458. The molecule has 0 spiro atoms. The van der Waals surface area contributed by atoms with Crippen LogP contribution >= 0.6 is 11.3 Å². The van der Waals surface area contributed by atoms with E-state index in [0.29, 0.717) is 12.0 Å². The lowest BCUT2D eigenvalue weighted by molar-refractivity contribution is 0.500. The van der Waals surface area contributed by atoms with Crippen LogP contribution in [-0.4, -0.2) is 5.71 Å². The summed E-state index contributed by atoms with van der Waals surface area (Å²) < 4.78 is 6.77. The Morgan fingerprint density at radius 3 is 2.46 bits per heavy atom. The predicted molar refractivity (Wildman–Crippen MR) is 122 cm³/mol. The second-order valence-corrected chi connectivity index (χ2v) is 8.82. The summed E-state index contributed by atoms with van der Waals surface area (Å²) in [5, 5.41) is 4.93. The molecular formula is C24H32N2OS. The van der Waals surface area contributed by atoms with Gasteiger partial charge in [-0.2, -0.15) is 0 Å². The molecule has 0 unspecified atom stereocenters. The normalized spacial score (nSPS) is 16.4. The molecule has 0 aliphatic heterocycles. The molecule has 1 aliphatic carbocycles. The number of furan rings is 1. The zero-order valence-corrected chi connectivity index (χ0v) is 18.8. The van der Waals surface area contributed by atoms with Crippen LogP contribution in [0.4, 0.5) is 0 Å². The summed E-state index contributed by atoms with van der Waals surface area (Å²) in [5.41, 5.74) is 4.31. The molecule has 2 heterocycles. The summed E-state index contributed by atoms with van der Waals surface area (Å²) >= 11 is 1.93. The van der Waals surface area contributed by atoms with Gasteiger partial charge in [0.05, 0.1) is 17.3 Å². The summed E-state index contributed by atoms with van der Waals surface area (Å²) in [7, 11) is 0. The highest BCUT2D eigenvalue weighted by Gasteiger charge is 2.41. The van der Waals surface area contributed by atoms with E-state index in [9.17, 15) is 0 Å². The molecule has 1 aliphatic rings. The van der Waals surface area contributed by atoms with Crippen LogP contribution in [0.25, 0.3) is 11.4 Å². The molecule has 3 nitrogen and oxygen atoms in total. The molecule has 0 saturated heterocycles. The van der Waals surface area contributed by atoms with Gasteiger partial charge in [-0.3, -0.25) is 0 Å². The Hall–Kier alpha value is -2.25. The van der Waals surface area contributed by atoms with E-state index in [0.717, 1.165) is 23.7 Å². The van der Waals surface area contributed by atoms with Crippen LogP contribution in [0, 0.1) is 19.8 Å². The lowest BCUT2D eigenvalue weighted by Gasteiger charge is -2.06. The molecule has 0 radical (unpaired) electrons. The number of hydrogen-bond donors (Lipinski definition) is 1. The van der Waals surface area contributed by atoms with Crippen molar-refractivity contribution in [2.75, 3.05) is 0 Å². The van der Waals surface area contributed by atoms with Crippen molar-refractivity contribution in [3.8, 4) is 12.8 Å². The van der Waals surface area contributed by atoms with Gasteiger partial charge in [-0.1, -0.05) is 19.4 Å². The minimum absolute atomic E-state index is 0.368. The average Bonchev–Trinajstić information content (AvgIpc) is 3.09. The Balaban J connectivity index is 0.00000136. The molecule has 0 atom stereocenters. The smallest absolute Gasteiger partial charge is 0.144 e. The lowest BCUT2D eigenvalue weighted by Crippen LogP contribution is -2.30. The van der Waals surface area contributed by atoms with Crippen molar-refractivity contribution < 1.29 is 4.42 Å². The van der Waals surface area contributed by atoms with E-state index in [4.69, 9.17) is 9.41 Å². The fourth-order valence-electron chi connectivity index (χ4n) is 3.34. The van der Waals surface area contributed by atoms with Crippen LogP contribution < -0.4 is 15.1 Å². The molecule has 2 aromatic rings. The fourth-order valence-corrected chi connectivity index (χ4v) is 4.89. The average molecular weight is 397 g/mol. The Bertz CT molecular complexity index is 966. The number of nitrogens with zero attached hydrogens (tertiary/aromatic N) is 1. The highest BCUT2D eigenvalue weighted by Crippen LogP contribution is 2.49. The Labute approximate surface area is 173 Å². The topological polar surface area (TPSA) is 37.5 Å². The third-order valence-corrected chi connectivity index (χ3v) is 6.82. The van der Waals surface area contributed by atoms with Crippen LogP contribution in [0.15, 0.2) is 27.8 Å².